The number of fused-ring (bicyclic) bond motifs is 1. The summed E-state index contributed by atoms with van der Waals surface area (Å²) in [5.41, 5.74) is 5.56. The van der Waals surface area contributed by atoms with Crippen LogP contribution in [-0.2, 0) is 0 Å². The third-order valence-electron chi connectivity index (χ3n) is 4.84. The molecule has 0 unspecified atom stereocenters. The van der Waals surface area contributed by atoms with Gasteiger partial charge in [0.05, 0.1) is 6.20 Å². The highest BCUT2D eigenvalue weighted by atomic mass is 15.3. The van der Waals surface area contributed by atoms with E-state index in [2.05, 4.69) is 48.1 Å². The standard InChI is InChI=1S/C19H22N4/c1-14-15(2)21-18-17(16-9-5-3-6-10-16)13-20-23(18)19(14)22-11-7-4-8-12-22/h3,5-6,9-10,13H,4,7-8,11-12H2,1-2H3. The van der Waals surface area contributed by atoms with Crippen molar-refractivity contribution in [3.8, 4) is 11.1 Å². The molecule has 118 valence electrons. The lowest BCUT2D eigenvalue weighted by atomic mass is 10.1. The van der Waals surface area contributed by atoms with Gasteiger partial charge in [-0.05, 0) is 38.7 Å². The zero-order chi connectivity index (χ0) is 15.8. The Bertz CT molecular complexity index is 829. The molecule has 0 N–H and O–H groups in total. The monoisotopic (exact) mass is 306 g/mol. The van der Waals surface area contributed by atoms with Crippen LogP contribution in [0.4, 0.5) is 5.82 Å². The largest absolute Gasteiger partial charge is 0.356 e. The van der Waals surface area contributed by atoms with Gasteiger partial charge in [0, 0.05) is 29.9 Å². The van der Waals surface area contributed by atoms with Crippen molar-refractivity contribution in [2.75, 3.05) is 18.0 Å². The van der Waals surface area contributed by atoms with E-state index < -0.39 is 0 Å². The van der Waals surface area contributed by atoms with E-state index in [0.29, 0.717) is 0 Å². The van der Waals surface area contributed by atoms with Crippen LogP contribution < -0.4 is 4.90 Å². The second-order valence-corrected chi connectivity index (χ2v) is 6.35. The van der Waals surface area contributed by atoms with Crippen molar-refractivity contribution >= 4 is 11.5 Å². The Balaban J connectivity index is 1.93. The summed E-state index contributed by atoms with van der Waals surface area (Å²) in [5.74, 6) is 1.22. The van der Waals surface area contributed by atoms with Crippen LogP contribution in [0.1, 0.15) is 30.5 Å². The van der Waals surface area contributed by atoms with Crippen LogP contribution in [0, 0.1) is 13.8 Å². The van der Waals surface area contributed by atoms with Gasteiger partial charge in [0.1, 0.15) is 5.82 Å². The fourth-order valence-corrected chi connectivity index (χ4v) is 3.47. The van der Waals surface area contributed by atoms with Crippen molar-refractivity contribution in [1.29, 1.82) is 0 Å². The Kier molecular flexibility index (Phi) is 3.52. The maximum Gasteiger partial charge on any atom is 0.165 e. The number of aromatic nitrogens is 3. The van der Waals surface area contributed by atoms with Crippen molar-refractivity contribution in [2.24, 2.45) is 0 Å². The average molecular weight is 306 g/mol. The molecule has 1 saturated heterocycles. The summed E-state index contributed by atoms with van der Waals surface area (Å²) in [6.45, 7) is 6.49. The molecule has 3 heterocycles. The molecule has 4 nitrogen and oxygen atoms in total. The SMILES string of the molecule is Cc1nc2c(-c3ccccc3)cnn2c(N2CCCCC2)c1C. The minimum absolute atomic E-state index is 0.958. The first-order valence-electron chi connectivity index (χ1n) is 8.41. The third kappa shape index (κ3) is 2.38. The molecule has 2 aromatic heterocycles. The molecule has 0 aliphatic carbocycles. The van der Waals surface area contributed by atoms with Crippen molar-refractivity contribution in [3.05, 3.63) is 47.8 Å². The number of piperidine rings is 1. The van der Waals surface area contributed by atoms with Crippen LogP contribution in [0.25, 0.3) is 16.8 Å². The Morgan fingerprint density at radius 3 is 2.43 bits per heavy atom. The van der Waals surface area contributed by atoms with Gasteiger partial charge >= 0.3 is 0 Å². The van der Waals surface area contributed by atoms with Crippen LogP contribution in [0.5, 0.6) is 0 Å². The molecule has 3 aromatic rings. The summed E-state index contributed by atoms with van der Waals surface area (Å²) in [5, 5.41) is 4.68. The summed E-state index contributed by atoms with van der Waals surface area (Å²) >= 11 is 0. The van der Waals surface area contributed by atoms with Gasteiger partial charge in [0.15, 0.2) is 5.65 Å². The Morgan fingerprint density at radius 1 is 0.957 bits per heavy atom. The predicted molar refractivity (Wildman–Crippen MR) is 94.0 cm³/mol. The summed E-state index contributed by atoms with van der Waals surface area (Å²) in [7, 11) is 0. The molecule has 4 rings (SSSR count). The number of hydrogen-bond donors (Lipinski definition) is 0. The number of anilines is 1. The molecule has 0 spiro atoms. The van der Waals surface area contributed by atoms with E-state index >= 15 is 0 Å². The minimum atomic E-state index is 0.958. The smallest absolute Gasteiger partial charge is 0.165 e. The lowest BCUT2D eigenvalue weighted by molar-refractivity contribution is 0.566. The van der Waals surface area contributed by atoms with Crippen LogP contribution in [0.15, 0.2) is 36.5 Å². The molecule has 0 atom stereocenters. The van der Waals surface area contributed by atoms with Crippen LogP contribution >= 0.6 is 0 Å². The fourth-order valence-electron chi connectivity index (χ4n) is 3.47. The predicted octanol–water partition coefficient (Wildman–Crippen LogP) is 4.00. The van der Waals surface area contributed by atoms with Crippen LogP contribution in [0.3, 0.4) is 0 Å². The number of benzene rings is 1. The van der Waals surface area contributed by atoms with Gasteiger partial charge in [0.2, 0.25) is 0 Å². The third-order valence-corrected chi connectivity index (χ3v) is 4.84. The normalized spacial score (nSPS) is 15.3. The quantitative estimate of drug-likeness (QED) is 0.717. The zero-order valence-corrected chi connectivity index (χ0v) is 13.8. The Hall–Kier alpha value is -2.36. The molecule has 4 heteroatoms. The van der Waals surface area contributed by atoms with Crippen LogP contribution in [-0.4, -0.2) is 27.7 Å². The highest BCUT2D eigenvalue weighted by Crippen LogP contribution is 2.30. The lowest BCUT2D eigenvalue weighted by Crippen LogP contribution is -2.32. The van der Waals surface area contributed by atoms with Gasteiger partial charge in [-0.25, -0.2) is 4.98 Å². The molecule has 1 fully saturated rings. The molecular formula is C19H22N4. The molecule has 23 heavy (non-hydrogen) atoms. The lowest BCUT2D eigenvalue weighted by Gasteiger charge is -2.30. The highest BCUT2D eigenvalue weighted by Gasteiger charge is 2.21. The van der Waals surface area contributed by atoms with Gasteiger partial charge in [-0.2, -0.15) is 9.61 Å². The van der Waals surface area contributed by atoms with Gasteiger partial charge in [-0.1, -0.05) is 30.3 Å². The maximum atomic E-state index is 4.84. The average Bonchev–Trinajstić information content (AvgIpc) is 3.00. The van der Waals surface area contributed by atoms with E-state index in [-0.39, 0.29) is 0 Å². The second-order valence-electron chi connectivity index (χ2n) is 6.35. The molecule has 0 saturated carbocycles. The first kappa shape index (κ1) is 14.2. The number of rotatable bonds is 2. The summed E-state index contributed by atoms with van der Waals surface area (Å²) in [6, 6.07) is 10.4. The summed E-state index contributed by atoms with van der Waals surface area (Å²) in [4.78, 5) is 7.32. The number of hydrogen-bond acceptors (Lipinski definition) is 3. The molecule has 0 amide bonds. The van der Waals surface area contributed by atoms with E-state index in [9.17, 15) is 0 Å². The zero-order valence-electron chi connectivity index (χ0n) is 13.8. The van der Waals surface area contributed by atoms with Gasteiger partial charge in [0.25, 0.3) is 0 Å². The van der Waals surface area contributed by atoms with Gasteiger partial charge < -0.3 is 4.90 Å². The van der Waals surface area contributed by atoms with Gasteiger partial charge in [-0.15, -0.1) is 0 Å². The van der Waals surface area contributed by atoms with Crippen molar-refractivity contribution in [3.63, 3.8) is 0 Å². The van der Waals surface area contributed by atoms with Crippen molar-refractivity contribution in [1.82, 2.24) is 14.6 Å². The van der Waals surface area contributed by atoms with E-state index in [4.69, 9.17) is 4.98 Å². The number of nitrogens with zero attached hydrogens (tertiary/aromatic N) is 4. The fraction of sp³-hybridized carbons (Fsp3) is 0.368. The first-order chi connectivity index (χ1) is 11.3. The maximum absolute atomic E-state index is 4.84. The number of aryl methyl sites for hydroxylation is 1. The summed E-state index contributed by atoms with van der Waals surface area (Å²) < 4.78 is 2.04. The van der Waals surface area contributed by atoms with E-state index in [1.54, 1.807) is 0 Å². The highest BCUT2D eigenvalue weighted by molar-refractivity contribution is 5.78. The molecule has 1 aromatic carbocycles. The molecule has 0 bridgehead atoms. The minimum Gasteiger partial charge on any atom is -0.356 e. The van der Waals surface area contributed by atoms with Crippen molar-refractivity contribution < 1.29 is 0 Å². The van der Waals surface area contributed by atoms with Gasteiger partial charge in [-0.3, -0.25) is 0 Å². The Labute approximate surface area is 136 Å². The molecular weight excluding hydrogens is 284 g/mol. The second kappa shape index (κ2) is 5.69. The van der Waals surface area contributed by atoms with E-state index in [1.807, 2.05) is 16.8 Å². The van der Waals surface area contributed by atoms with E-state index in [1.165, 1.54) is 36.2 Å². The molecule has 1 aliphatic rings. The molecule has 0 radical (unpaired) electrons. The Morgan fingerprint density at radius 2 is 1.70 bits per heavy atom. The molecule has 1 aliphatic heterocycles. The van der Waals surface area contributed by atoms with Crippen molar-refractivity contribution in [2.45, 2.75) is 33.1 Å². The van der Waals surface area contributed by atoms with E-state index in [0.717, 1.165) is 30.0 Å². The topological polar surface area (TPSA) is 33.4 Å². The first-order valence-corrected chi connectivity index (χ1v) is 8.41. The summed E-state index contributed by atoms with van der Waals surface area (Å²) in [6.07, 6.45) is 5.80. The van der Waals surface area contributed by atoms with Crippen LogP contribution in [0.2, 0.25) is 0 Å².